The molecule has 0 aliphatic heterocycles. The van der Waals surface area contributed by atoms with E-state index < -0.39 is 0 Å². The molecule has 0 amide bonds. The van der Waals surface area contributed by atoms with Gasteiger partial charge in [-0.05, 0) is 30.7 Å². The average molecular weight is 308 g/mol. The topological polar surface area (TPSA) is 63.1 Å². The van der Waals surface area contributed by atoms with E-state index in [1.54, 1.807) is 16.6 Å². The number of nitrogens with one attached hydrogen (secondary N) is 1. The summed E-state index contributed by atoms with van der Waals surface area (Å²) in [6.45, 7) is 1.95. The Morgan fingerprint density at radius 3 is 2.61 bits per heavy atom. The number of aromatic nitrogens is 4. The van der Waals surface area contributed by atoms with Crippen LogP contribution in [0.1, 0.15) is 18.4 Å². The summed E-state index contributed by atoms with van der Waals surface area (Å²) in [6.07, 6.45) is 6.40. The smallest absolute Gasteiger partial charge is 0.277 e. The highest BCUT2D eigenvalue weighted by atomic mass is 19.1. The van der Waals surface area contributed by atoms with Crippen LogP contribution >= 0.6 is 0 Å². The van der Waals surface area contributed by atoms with Crippen LogP contribution in [-0.2, 0) is 6.42 Å². The molecule has 6 heteroatoms. The van der Waals surface area contributed by atoms with Crippen molar-refractivity contribution >= 4 is 11.1 Å². The van der Waals surface area contributed by atoms with Crippen molar-refractivity contribution in [3.63, 3.8) is 0 Å². The molecule has 5 nitrogen and oxygen atoms in total. The molecular formula is C17H13FN4O. The van der Waals surface area contributed by atoms with Gasteiger partial charge < -0.3 is 4.98 Å². The Balaban J connectivity index is 1.98. The molecule has 0 atom stereocenters. The van der Waals surface area contributed by atoms with Crippen molar-refractivity contribution in [2.24, 2.45) is 0 Å². The lowest BCUT2D eigenvalue weighted by Crippen LogP contribution is -2.15. The Morgan fingerprint density at radius 1 is 1.26 bits per heavy atom. The highest BCUT2D eigenvalue weighted by Gasteiger charge is 2.19. The third kappa shape index (κ3) is 2.11. The van der Waals surface area contributed by atoms with Crippen LogP contribution in [0.5, 0.6) is 0 Å². The Morgan fingerprint density at radius 2 is 2.00 bits per heavy atom. The molecule has 1 N–H and O–H groups in total. The molecule has 0 saturated heterocycles. The number of hydrogen-bond donors (Lipinski definition) is 1. The van der Waals surface area contributed by atoms with Gasteiger partial charge in [-0.3, -0.25) is 4.79 Å². The van der Waals surface area contributed by atoms with Crippen LogP contribution in [0.4, 0.5) is 4.39 Å². The van der Waals surface area contributed by atoms with Crippen LogP contribution in [0, 0.1) is 5.82 Å². The van der Waals surface area contributed by atoms with E-state index in [0.29, 0.717) is 34.8 Å². The molecule has 1 aliphatic carbocycles. The zero-order valence-electron chi connectivity index (χ0n) is 12.4. The number of nitrogens with zero attached hydrogens (tertiary/aromatic N) is 3. The van der Waals surface area contributed by atoms with Crippen LogP contribution < -0.4 is 5.56 Å². The normalized spacial score (nSPS) is 13.2. The molecule has 0 radical (unpaired) electrons. The fraction of sp³-hybridized carbons (Fsp3) is 0.118. The van der Waals surface area contributed by atoms with Crippen LogP contribution in [0.3, 0.4) is 0 Å². The SMILES string of the molecule is CCc1nc(C2=CC=C2)n2nc(-c3ccc(F)cc3)[nH]c(=O)c12. The van der Waals surface area contributed by atoms with Gasteiger partial charge in [0, 0.05) is 11.1 Å². The second-order valence-electron chi connectivity index (χ2n) is 5.29. The molecule has 2 aromatic heterocycles. The van der Waals surface area contributed by atoms with E-state index in [0.717, 1.165) is 5.57 Å². The average Bonchev–Trinajstić information content (AvgIpc) is 2.85. The van der Waals surface area contributed by atoms with Crippen molar-refractivity contribution in [3.05, 3.63) is 70.2 Å². The van der Waals surface area contributed by atoms with E-state index in [9.17, 15) is 9.18 Å². The zero-order chi connectivity index (χ0) is 16.0. The van der Waals surface area contributed by atoms with Crippen LogP contribution in [0.15, 0.2) is 47.3 Å². The maximum atomic E-state index is 13.1. The lowest BCUT2D eigenvalue weighted by Gasteiger charge is -2.07. The van der Waals surface area contributed by atoms with Gasteiger partial charge in [-0.1, -0.05) is 25.2 Å². The van der Waals surface area contributed by atoms with E-state index in [4.69, 9.17) is 0 Å². The molecule has 0 unspecified atom stereocenters. The van der Waals surface area contributed by atoms with Crippen LogP contribution in [0.25, 0.3) is 22.5 Å². The van der Waals surface area contributed by atoms with Crippen molar-refractivity contribution < 1.29 is 4.39 Å². The van der Waals surface area contributed by atoms with Gasteiger partial charge in [0.2, 0.25) is 0 Å². The first-order chi connectivity index (χ1) is 11.2. The number of H-pyrrole nitrogens is 1. The summed E-state index contributed by atoms with van der Waals surface area (Å²) < 4.78 is 14.7. The highest BCUT2D eigenvalue weighted by molar-refractivity contribution is 5.79. The largest absolute Gasteiger partial charge is 0.303 e. The maximum Gasteiger partial charge on any atom is 0.277 e. The summed E-state index contributed by atoms with van der Waals surface area (Å²) >= 11 is 0. The number of hydrogen-bond acceptors (Lipinski definition) is 3. The Hall–Kier alpha value is -3.02. The van der Waals surface area contributed by atoms with Crippen molar-refractivity contribution in [2.75, 3.05) is 0 Å². The minimum atomic E-state index is -0.335. The number of allylic oxidation sites excluding steroid dienone is 4. The van der Waals surface area contributed by atoms with Gasteiger partial charge in [0.25, 0.3) is 5.56 Å². The van der Waals surface area contributed by atoms with E-state index in [-0.39, 0.29) is 11.4 Å². The Labute approximate surface area is 130 Å². The molecule has 2 heterocycles. The second kappa shape index (κ2) is 5.01. The molecule has 23 heavy (non-hydrogen) atoms. The number of imidazole rings is 1. The number of aromatic amines is 1. The maximum absolute atomic E-state index is 13.1. The van der Waals surface area contributed by atoms with Crippen molar-refractivity contribution in [1.82, 2.24) is 19.6 Å². The first kappa shape index (κ1) is 13.6. The fourth-order valence-electron chi connectivity index (χ4n) is 2.59. The number of aryl methyl sites for hydroxylation is 1. The molecule has 4 rings (SSSR count). The molecule has 0 bridgehead atoms. The van der Waals surface area contributed by atoms with Gasteiger partial charge in [-0.25, -0.2) is 13.9 Å². The van der Waals surface area contributed by atoms with E-state index in [1.807, 2.05) is 25.2 Å². The number of fused-ring (bicyclic) bond motifs is 1. The third-order valence-corrected chi connectivity index (χ3v) is 3.84. The Bertz CT molecular complexity index is 1030. The first-order valence-corrected chi connectivity index (χ1v) is 7.34. The number of rotatable bonds is 3. The predicted octanol–water partition coefficient (Wildman–Crippen LogP) is 2.74. The van der Waals surface area contributed by atoms with Gasteiger partial charge in [0.15, 0.2) is 17.2 Å². The Kier molecular flexibility index (Phi) is 2.97. The van der Waals surface area contributed by atoms with Gasteiger partial charge in [-0.15, -0.1) is 5.10 Å². The molecular weight excluding hydrogens is 295 g/mol. The molecule has 0 spiro atoms. The summed E-state index contributed by atoms with van der Waals surface area (Å²) in [4.78, 5) is 19.8. The molecule has 114 valence electrons. The quantitative estimate of drug-likeness (QED) is 0.809. The van der Waals surface area contributed by atoms with Crippen molar-refractivity contribution in [2.45, 2.75) is 13.3 Å². The molecule has 0 fully saturated rings. The number of benzene rings is 1. The standard InChI is InChI=1S/C17H13FN4O/c1-2-13-14-17(23)20-15(10-6-8-12(18)9-7-10)21-22(14)16(19-13)11-4-3-5-11/h3-9H,2H2,1H3,(H,20,21,23). The van der Waals surface area contributed by atoms with E-state index in [2.05, 4.69) is 15.1 Å². The lowest BCUT2D eigenvalue weighted by molar-refractivity contribution is 0.628. The molecule has 1 aromatic carbocycles. The van der Waals surface area contributed by atoms with Crippen LogP contribution in [-0.4, -0.2) is 19.6 Å². The van der Waals surface area contributed by atoms with E-state index >= 15 is 0 Å². The summed E-state index contributed by atoms with van der Waals surface area (Å²) in [6, 6.07) is 5.84. The molecule has 1 aliphatic rings. The second-order valence-corrected chi connectivity index (χ2v) is 5.29. The first-order valence-electron chi connectivity index (χ1n) is 7.34. The van der Waals surface area contributed by atoms with Gasteiger partial charge in [0.1, 0.15) is 5.82 Å². The highest BCUT2D eigenvalue weighted by Crippen LogP contribution is 2.23. The zero-order valence-corrected chi connectivity index (χ0v) is 12.4. The third-order valence-electron chi connectivity index (χ3n) is 3.84. The van der Waals surface area contributed by atoms with Gasteiger partial charge in [-0.2, -0.15) is 0 Å². The van der Waals surface area contributed by atoms with Crippen molar-refractivity contribution in [3.8, 4) is 11.4 Å². The monoisotopic (exact) mass is 308 g/mol. The summed E-state index contributed by atoms with van der Waals surface area (Å²) in [5.41, 5.74) is 2.48. The van der Waals surface area contributed by atoms with Gasteiger partial charge in [0.05, 0.1) is 5.69 Å². The van der Waals surface area contributed by atoms with Crippen LogP contribution in [0.2, 0.25) is 0 Å². The molecule has 0 saturated carbocycles. The number of halogens is 1. The summed E-state index contributed by atoms with van der Waals surface area (Å²) in [7, 11) is 0. The fourth-order valence-corrected chi connectivity index (χ4v) is 2.59. The summed E-state index contributed by atoms with van der Waals surface area (Å²) in [5, 5.41) is 4.51. The van der Waals surface area contributed by atoms with Crippen molar-refractivity contribution in [1.29, 1.82) is 0 Å². The predicted molar refractivity (Wildman–Crippen MR) is 85.5 cm³/mol. The lowest BCUT2D eigenvalue weighted by atomic mass is 10.1. The minimum absolute atomic E-state index is 0.251. The molecule has 3 aromatic rings. The van der Waals surface area contributed by atoms with E-state index in [1.165, 1.54) is 12.1 Å². The summed E-state index contributed by atoms with van der Waals surface area (Å²) in [5.74, 6) is 0.694. The minimum Gasteiger partial charge on any atom is -0.303 e. The van der Waals surface area contributed by atoms with Gasteiger partial charge >= 0.3 is 0 Å².